The normalized spacial score (nSPS) is 12.9. The predicted octanol–water partition coefficient (Wildman–Crippen LogP) is 4.82. The zero-order valence-corrected chi connectivity index (χ0v) is 38.9. The summed E-state index contributed by atoms with van der Waals surface area (Å²) in [7, 11) is 3.80. The molecule has 0 bridgehead atoms. The van der Waals surface area contributed by atoms with E-state index in [1.807, 2.05) is 43.3 Å². The predicted molar refractivity (Wildman–Crippen MR) is 257 cm³/mol. The second-order valence-corrected chi connectivity index (χ2v) is 16.5. The first-order valence-corrected chi connectivity index (χ1v) is 22.7. The van der Waals surface area contributed by atoms with Crippen molar-refractivity contribution in [1.82, 2.24) is 4.58 Å². The second kappa shape index (κ2) is 21.3. The largest absolute Gasteiger partial charge is 0.545 e. The Kier molecular flexibility index (Phi) is 14.6. The maximum Gasteiger partial charge on any atom is 0.325 e. The number of carboxylic acid groups (broad SMARTS) is 1. The standard InChI is InChI=1S/C52H53N5O12/c1-5-54(30-47(58)64-2)42-19-13-34(27-46(42)68-25-24-67-43-11-7-6-10-41(43)57(31-48(59)65-3)32-49(60)66-4)53-51(61)33-12-16-37(40(26-33)52(62)63)50-38-17-14-35(55-20-8-21-55)28-44(38)69-45-29-36(15-18-39(45)50)56-22-9-23-56/h6-7,10-19,26-29H,5,8-9,20-25,30-32H2,1-4H3,(H-,53,61,62,63). The topological polar surface area (TPSA) is 192 Å². The van der Waals surface area contributed by atoms with Crippen molar-refractivity contribution in [3.63, 3.8) is 0 Å². The monoisotopic (exact) mass is 939 g/mol. The molecule has 0 saturated carbocycles. The number of fused-ring (bicyclic) bond motifs is 2. The van der Waals surface area contributed by atoms with Gasteiger partial charge in [-0.25, -0.2) is 4.58 Å². The molecule has 3 heterocycles. The van der Waals surface area contributed by atoms with Crippen LogP contribution in [0, 0.1) is 0 Å². The molecule has 0 atom stereocenters. The van der Waals surface area contributed by atoms with E-state index in [1.54, 1.807) is 59.5 Å². The lowest BCUT2D eigenvalue weighted by Crippen LogP contribution is -2.40. The molecule has 0 aromatic heterocycles. The van der Waals surface area contributed by atoms with Gasteiger partial charge in [0.1, 0.15) is 68.8 Å². The summed E-state index contributed by atoms with van der Waals surface area (Å²) in [6, 6.07) is 28.2. The third-order valence-electron chi connectivity index (χ3n) is 12.3. The number of likely N-dealkylation sites (N-methyl/N-ethyl adjacent to an activating group) is 1. The zero-order chi connectivity index (χ0) is 48.6. The van der Waals surface area contributed by atoms with Crippen molar-refractivity contribution in [2.75, 3.05) is 107 Å². The zero-order valence-electron chi connectivity index (χ0n) is 38.9. The van der Waals surface area contributed by atoms with Crippen LogP contribution in [-0.2, 0) is 28.6 Å². The van der Waals surface area contributed by atoms with E-state index in [9.17, 15) is 29.1 Å². The molecule has 4 aliphatic rings. The number of methoxy groups -OCH3 is 3. The van der Waals surface area contributed by atoms with E-state index in [2.05, 4.69) is 14.8 Å². The van der Waals surface area contributed by atoms with Crippen LogP contribution in [0.15, 0.2) is 101 Å². The molecule has 1 aliphatic carbocycles. The summed E-state index contributed by atoms with van der Waals surface area (Å²) in [6.45, 7) is 5.45. The molecule has 2 saturated heterocycles. The molecule has 1 amide bonds. The van der Waals surface area contributed by atoms with Gasteiger partial charge in [-0.05, 0) is 73.5 Å². The summed E-state index contributed by atoms with van der Waals surface area (Å²) in [6.07, 6.45) is 2.22. The van der Waals surface area contributed by atoms with Crippen LogP contribution in [0.1, 0.15) is 40.5 Å². The third kappa shape index (κ3) is 10.6. The molecule has 17 heteroatoms. The van der Waals surface area contributed by atoms with Crippen LogP contribution < -0.4 is 44.5 Å². The van der Waals surface area contributed by atoms with E-state index in [-0.39, 0.29) is 44.0 Å². The highest BCUT2D eigenvalue weighted by Crippen LogP contribution is 2.43. The Bertz CT molecular complexity index is 2940. The highest BCUT2D eigenvalue weighted by atomic mass is 16.5. The van der Waals surface area contributed by atoms with Crippen LogP contribution in [0.3, 0.4) is 0 Å². The van der Waals surface area contributed by atoms with Crippen molar-refractivity contribution in [2.45, 2.75) is 19.8 Å². The number of carbonyl (C=O) groups is 5. The van der Waals surface area contributed by atoms with Crippen LogP contribution in [0.5, 0.6) is 11.5 Å². The van der Waals surface area contributed by atoms with E-state index in [1.165, 1.54) is 32.3 Å². The van der Waals surface area contributed by atoms with Gasteiger partial charge in [0.05, 0.1) is 51.2 Å². The smallest absolute Gasteiger partial charge is 0.325 e. The fourth-order valence-electron chi connectivity index (χ4n) is 8.34. The molecular weight excluding hydrogens is 887 g/mol. The van der Waals surface area contributed by atoms with E-state index in [0.29, 0.717) is 57.6 Å². The molecule has 3 aliphatic heterocycles. The quantitative estimate of drug-likeness (QED) is 0.0382. The molecule has 0 radical (unpaired) electrons. The summed E-state index contributed by atoms with van der Waals surface area (Å²) in [5.74, 6) is -2.41. The molecule has 1 N–H and O–H groups in total. The first-order chi connectivity index (χ1) is 33.5. The van der Waals surface area contributed by atoms with Gasteiger partial charge in [-0.3, -0.25) is 19.2 Å². The van der Waals surface area contributed by atoms with Crippen molar-refractivity contribution in [3.8, 4) is 33.9 Å². The number of para-hydroxylation sites is 2. The van der Waals surface area contributed by atoms with Gasteiger partial charge in [0.15, 0.2) is 0 Å². The molecule has 4 aromatic rings. The number of rotatable bonds is 19. The van der Waals surface area contributed by atoms with Crippen molar-refractivity contribution >= 4 is 63.5 Å². The van der Waals surface area contributed by atoms with Crippen molar-refractivity contribution < 1.29 is 57.2 Å². The van der Waals surface area contributed by atoms with Crippen LogP contribution in [0.25, 0.3) is 33.4 Å². The van der Waals surface area contributed by atoms with Crippen LogP contribution in [0.4, 0.5) is 22.7 Å². The van der Waals surface area contributed by atoms with E-state index in [0.717, 1.165) is 61.0 Å². The maximum absolute atomic E-state index is 14.0. The molecule has 69 heavy (non-hydrogen) atoms. The number of hydrogen-bond acceptors (Lipinski definition) is 15. The molecular formula is C52H53N5O12. The lowest BCUT2D eigenvalue weighted by atomic mass is 9.89. The fraction of sp³-hybridized carbons (Fsp3) is 0.308. The minimum Gasteiger partial charge on any atom is -0.545 e. The lowest BCUT2D eigenvalue weighted by Gasteiger charge is -2.33. The van der Waals surface area contributed by atoms with Gasteiger partial charge in [-0.1, -0.05) is 18.2 Å². The van der Waals surface area contributed by atoms with E-state index in [4.69, 9.17) is 28.1 Å². The summed E-state index contributed by atoms with van der Waals surface area (Å²) in [5, 5.41) is 17.7. The number of aromatic carboxylic acids is 1. The Hall–Kier alpha value is -8.08. The van der Waals surface area contributed by atoms with Crippen LogP contribution in [0.2, 0.25) is 0 Å². The molecule has 2 fully saturated rings. The number of benzene rings is 5. The number of amides is 1. The molecule has 0 spiro atoms. The maximum atomic E-state index is 14.0. The number of nitrogens with zero attached hydrogens (tertiary/aromatic N) is 4. The first-order valence-electron chi connectivity index (χ1n) is 22.7. The Balaban J connectivity index is 1.07. The van der Waals surface area contributed by atoms with E-state index < -0.39 is 29.8 Å². The summed E-state index contributed by atoms with van der Waals surface area (Å²) < 4.78 is 35.8. The number of hydrogen-bond donors (Lipinski definition) is 1. The SMILES string of the molecule is CCN(CC(=O)OC)c1ccc(NC(=O)c2ccc(-c3c4ccc(=[N+]5CCC5)cc-4oc4cc(N5CCC5)ccc34)c(C(=O)[O-])c2)cc1OCCOc1ccccc1N(CC(=O)OC)CC(=O)OC. The lowest BCUT2D eigenvalue weighted by molar-refractivity contribution is -0.255. The van der Waals surface area contributed by atoms with Gasteiger partial charge < -0.3 is 58.0 Å². The number of nitrogens with one attached hydrogen (secondary N) is 1. The molecule has 0 unspecified atom stereocenters. The Labute approximate surface area is 398 Å². The summed E-state index contributed by atoms with van der Waals surface area (Å²) >= 11 is 0. The summed E-state index contributed by atoms with van der Waals surface area (Å²) in [5.41, 5.74) is 4.56. The number of carboxylic acids is 1. The minimum atomic E-state index is -1.45. The second-order valence-electron chi connectivity index (χ2n) is 16.5. The molecule has 17 nitrogen and oxygen atoms in total. The van der Waals surface area contributed by atoms with Crippen molar-refractivity contribution in [3.05, 3.63) is 114 Å². The fourth-order valence-corrected chi connectivity index (χ4v) is 8.34. The Morgan fingerprint density at radius 1 is 0.710 bits per heavy atom. The molecule has 358 valence electrons. The molecule has 4 aromatic carbocycles. The van der Waals surface area contributed by atoms with Gasteiger partial charge in [0.25, 0.3) is 5.91 Å². The van der Waals surface area contributed by atoms with Crippen molar-refractivity contribution in [1.29, 1.82) is 0 Å². The van der Waals surface area contributed by atoms with Crippen LogP contribution >= 0.6 is 0 Å². The highest BCUT2D eigenvalue weighted by molar-refractivity contribution is 6.11. The average molecular weight is 940 g/mol. The number of carbonyl (C=O) groups excluding carboxylic acids is 5. The van der Waals surface area contributed by atoms with Crippen molar-refractivity contribution in [2.24, 2.45) is 0 Å². The average Bonchev–Trinajstić information content (AvgIpc) is 3.32. The summed E-state index contributed by atoms with van der Waals surface area (Å²) in [4.78, 5) is 69.5. The van der Waals surface area contributed by atoms with Gasteiger partial charge in [0.2, 0.25) is 5.36 Å². The molecule has 8 rings (SSSR count). The Morgan fingerprint density at radius 3 is 2.01 bits per heavy atom. The van der Waals surface area contributed by atoms with Gasteiger partial charge in [-0.15, -0.1) is 0 Å². The Morgan fingerprint density at radius 2 is 1.38 bits per heavy atom. The van der Waals surface area contributed by atoms with Gasteiger partial charge in [0, 0.05) is 76.8 Å². The van der Waals surface area contributed by atoms with Gasteiger partial charge >= 0.3 is 17.9 Å². The van der Waals surface area contributed by atoms with Gasteiger partial charge in [-0.2, -0.15) is 0 Å². The minimum absolute atomic E-state index is 0.00189. The third-order valence-corrected chi connectivity index (χ3v) is 12.3. The first kappa shape index (κ1) is 47.4. The highest BCUT2D eigenvalue weighted by Gasteiger charge is 2.26. The number of ether oxygens (including phenoxy) is 5. The van der Waals surface area contributed by atoms with Crippen LogP contribution in [-0.4, -0.2) is 117 Å². The van der Waals surface area contributed by atoms with E-state index >= 15 is 0 Å². The number of anilines is 4. The number of esters is 3.